The van der Waals surface area contributed by atoms with Gasteiger partial charge in [0, 0.05) is 17.1 Å². The molecule has 2 heterocycles. The number of hydrogen-bond donors (Lipinski definition) is 2. The molecular weight excluding hydrogens is 270 g/mol. The molecule has 5 heteroatoms. The normalized spacial score (nSPS) is 12.6. The van der Waals surface area contributed by atoms with Crippen molar-refractivity contribution in [2.75, 3.05) is 0 Å². The highest BCUT2D eigenvalue weighted by Crippen LogP contribution is 2.23. The number of hydrogen-bond acceptors (Lipinski definition) is 4. The molecule has 0 saturated carbocycles. The summed E-state index contributed by atoms with van der Waals surface area (Å²) in [6.07, 6.45) is 4.06. The van der Waals surface area contributed by atoms with Gasteiger partial charge in [-0.05, 0) is 40.2 Å². The number of aromatic nitrogens is 1. The molecule has 0 spiro atoms. The van der Waals surface area contributed by atoms with Crippen molar-refractivity contribution in [2.45, 2.75) is 12.5 Å². The van der Waals surface area contributed by atoms with Crippen LogP contribution in [0.4, 0.5) is 0 Å². The highest BCUT2D eigenvalue weighted by Gasteiger charge is 2.15. The lowest BCUT2D eigenvalue weighted by atomic mass is 10.1. The second-order valence-corrected chi connectivity index (χ2v) is 4.23. The van der Waals surface area contributed by atoms with Gasteiger partial charge in [-0.15, -0.1) is 0 Å². The summed E-state index contributed by atoms with van der Waals surface area (Å²) in [6.45, 7) is 0. The minimum atomic E-state index is -0.0678. The van der Waals surface area contributed by atoms with Crippen molar-refractivity contribution in [3.05, 3.63) is 52.7 Å². The second-order valence-electron chi connectivity index (χ2n) is 3.37. The number of pyridine rings is 1. The fraction of sp³-hybridized carbons (Fsp3) is 0.182. The molecule has 0 saturated heterocycles. The first kappa shape index (κ1) is 11.3. The number of rotatable bonds is 4. The average molecular weight is 282 g/mol. The van der Waals surface area contributed by atoms with Crippen LogP contribution in [0.3, 0.4) is 0 Å². The first-order valence-electron chi connectivity index (χ1n) is 4.90. The van der Waals surface area contributed by atoms with E-state index < -0.39 is 0 Å². The van der Waals surface area contributed by atoms with Crippen LogP contribution in [0.5, 0.6) is 0 Å². The monoisotopic (exact) mass is 281 g/mol. The Labute approximate surface area is 102 Å². The van der Waals surface area contributed by atoms with Gasteiger partial charge in [0.25, 0.3) is 0 Å². The van der Waals surface area contributed by atoms with Gasteiger partial charge in [0.1, 0.15) is 5.76 Å². The van der Waals surface area contributed by atoms with Crippen LogP contribution in [-0.4, -0.2) is 4.98 Å². The van der Waals surface area contributed by atoms with E-state index in [-0.39, 0.29) is 6.04 Å². The van der Waals surface area contributed by atoms with Crippen LogP contribution in [0, 0.1) is 0 Å². The van der Waals surface area contributed by atoms with E-state index in [0.29, 0.717) is 6.42 Å². The summed E-state index contributed by atoms with van der Waals surface area (Å²) in [6, 6.07) is 7.52. The Morgan fingerprint density at radius 3 is 2.94 bits per heavy atom. The molecule has 0 aromatic carbocycles. The molecule has 0 fully saturated rings. The molecule has 16 heavy (non-hydrogen) atoms. The van der Waals surface area contributed by atoms with E-state index in [9.17, 15) is 0 Å². The van der Waals surface area contributed by atoms with Gasteiger partial charge in [-0.2, -0.15) is 0 Å². The van der Waals surface area contributed by atoms with Crippen LogP contribution >= 0.6 is 15.9 Å². The molecule has 1 unspecified atom stereocenters. The Bertz CT molecular complexity index is 444. The predicted molar refractivity (Wildman–Crippen MR) is 64.4 cm³/mol. The first-order valence-corrected chi connectivity index (χ1v) is 5.69. The third kappa shape index (κ3) is 2.49. The SMILES string of the molecule is NNC(Cc1ccco1)c1ncccc1Br. The van der Waals surface area contributed by atoms with Crippen molar-refractivity contribution in [1.29, 1.82) is 0 Å². The zero-order chi connectivity index (χ0) is 11.4. The zero-order valence-electron chi connectivity index (χ0n) is 8.56. The van der Waals surface area contributed by atoms with Crippen LogP contribution < -0.4 is 11.3 Å². The molecule has 4 nitrogen and oxygen atoms in total. The Morgan fingerprint density at radius 1 is 1.44 bits per heavy atom. The summed E-state index contributed by atoms with van der Waals surface area (Å²) in [4.78, 5) is 4.30. The van der Waals surface area contributed by atoms with Gasteiger partial charge < -0.3 is 4.42 Å². The van der Waals surface area contributed by atoms with E-state index in [1.54, 1.807) is 12.5 Å². The van der Waals surface area contributed by atoms with E-state index in [2.05, 4.69) is 26.3 Å². The highest BCUT2D eigenvalue weighted by atomic mass is 79.9. The van der Waals surface area contributed by atoms with E-state index in [4.69, 9.17) is 10.3 Å². The van der Waals surface area contributed by atoms with Crippen LogP contribution in [0.25, 0.3) is 0 Å². The third-order valence-corrected chi connectivity index (χ3v) is 2.97. The lowest BCUT2D eigenvalue weighted by molar-refractivity contribution is 0.449. The molecule has 3 N–H and O–H groups in total. The number of halogens is 1. The topological polar surface area (TPSA) is 64.1 Å². The molecule has 0 amide bonds. The molecule has 2 rings (SSSR count). The Kier molecular flexibility index (Phi) is 3.71. The van der Waals surface area contributed by atoms with Crippen LogP contribution in [0.1, 0.15) is 17.5 Å². The summed E-state index contributed by atoms with van der Waals surface area (Å²) in [5, 5.41) is 0. The number of furan rings is 1. The van der Waals surface area contributed by atoms with Crippen LogP contribution in [0.15, 0.2) is 45.6 Å². The summed E-state index contributed by atoms with van der Waals surface area (Å²) < 4.78 is 6.22. The van der Waals surface area contributed by atoms with Gasteiger partial charge in [0.2, 0.25) is 0 Å². The molecule has 84 valence electrons. The molecule has 0 radical (unpaired) electrons. The minimum absolute atomic E-state index is 0.0678. The summed E-state index contributed by atoms with van der Waals surface area (Å²) >= 11 is 3.45. The van der Waals surface area contributed by atoms with E-state index in [0.717, 1.165) is 15.9 Å². The molecule has 0 aliphatic heterocycles. The van der Waals surface area contributed by atoms with Crippen molar-refractivity contribution >= 4 is 15.9 Å². The summed E-state index contributed by atoms with van der Waals surface area (Å²) in [7, 11) is 0. The zero-order valence-corrected chi connectivity index (χ0v) is 10.1. The van der Waals surface area contributed by atoms with Gasteiger partial charge in [0.15, 0.2) is 0 Å². The van der Waals surface area contributed by atoms with Gasteiger partial charge in [-0.1, -0.05) is 0 Å². The lowest BCUT2D eigenvalue weighted by Crippen LogP contribution is -2.30. The van der Waals surface area contributed by atoms with Crippen molar-refractivity contribution in [2.24, 2.45) is 5.84 Å². The molecule has 1 atom stereocenters. The van der Waals surface area contributed by atoms with Gasteiger partial charge in [-0.3, -0.25) is 16.3 Å². The van der Waals surface area contributed by atoms with E-state index in [1.807, 2.05) is 24.3 Å². The maximum absolute atomic E-state index is 5.54. The number of nitrogens with two attached hydrogens (primary N) is 1. The lowest BCUT2D eigenvalue weighted by Gasteiger charge is -2.15. The molecule has 0 aliphatic rings. The predicted octanol–water partition coefficient (Wildman–Crippen LogP) is 2.18. The first-order chi connectivity index (χ1) is 7.81. The average Bonchev–Trinajstić information content (AvgIpc) is 2.80. The number of nitrogens with one attached hydrogen (secondary N) is 1. The molecule has 0 aliphatic carbocycles. The molecular formula is C11H12BrN3O. The van der Waals surface area contributed by atoms with Crippen LogP contribution in [-0.2, 0) is 6.42 Å². The molecule has 2 aromatic rings. The quantitative estimate of drug-likeness (QED) is 0.666. The number of hydrazine groups is 1. The largest absolute Gasteiger partial charge is 0.469 e. The van der Waals surface area contributed by atoms with Gasteiger partial charge in [-0.25, -0.2) is 0 Å². The van der Waals surface area contributed by atoms with Crippen molar-refractivity contribution in [3.8, 4) is 0 Å². The van der Waals surface area contributed by atoms with Crippen molar-refractivity contribution in [3.63, 3.8) is 0 Å². The fourth-order valence-corrected chi connectivity index (χ4v) is 2.05. The smallest absolute Gasteiger partial charge is 0.105 e. The maximum Gasteiger partial charge on any atom is 0.105 e. The Hall–Kier alpha value is -1.17. The molecule has 2 aromatic heterocycles. The van der Waals surface area contributed by atoms with Gasteiger partial charge in [0.05, 0.1) is 18.0 Å². The van der Waals surface area contributed by atoms with Crippen molar-refractivity contribution < 1.29 is 4.42 Å². The van der Waals surface area contributed by atoms with E-state index >= 15 is 0 Å². The highest BCUT2D eigenvalue weighted by molar-refractivity contribution is 9.10. The fourth-order valence-electron chi connectivity index (χ4n) is 1.52. The summed E-state index contributed by atoms with van der Waals surface area (Å²) in [5.74, 6) is 6.41. The second kappa shape index (κ2) is 5.25. The number of nitrogens with zero attached hydrogens (tertiary/aromatic N) is 1. The standard InChI is InChI=1S/C11H12BrN3O/c12-9-4-1-5-14-11(9)10(15-13)7-8-3-2-6-16-8/h1-6,10,15H,7,13H2. The third-order valence-electron chi connectivity index (χ3n) is 2.30. The van der Waals surface area contributed by atoms with E-state index in [1.165, 1.54) is 0 Å². The van der Waals surface area contributed by atoms with Gasteiger partial charge >= 0.3 is 0 Å². The van der Waals surface area contributed by atoms with Crippen molar-refractivity contribution in [1.82, 2.24) is 10.4 Å². The summed E-state index contributed by atoms with van der Waals surface area (Å²) in [5.41, 5.74) is 3.62. The Morgan fingerprint density at radius 2 is 2.31 bits per heavy atom. The molecule has 0 bridgehead atoms. The Balaban J connectivity index is 2.20. The maximum atomic E-state index is 5.54. The van der Waals surface area contributed by atoms with Crippen LogP contribution in [0.2, 0.25) is 0 Å². The minimum Gasteiger partial charge on any atom is -0.469 e.